The quantitative estimate of drug-likeness (QED) is 0.884. The average molecular weight is 306 g/mol. The number of rotatable bonds is 5. The molecule has 2 N–H and O–H groups in total. The molecule has 1 amide bonds. The Labute approximate surface area is 124 Å². The number of furan rings is 1. The number of carboxylic acid groups (broad SMARTS) is 1. The van der Waals surface area contributed by atoms with Crippen molar-refractivity contribution in [3.8, 4) is 10.8 Å². The molecular formula is C14H14N2O4S. The number of aromatic nitrogens is 1. The minimum absolute atomic E-state index is 0.148. The lowest BCUT2D eigenvalue weighted by Crippen LogP contribution is -2.47. The van der Waals surface area contributed by atoms with Gasteiger partial charge in [-0.05, 0) is 25.0 Å². The van der Waals surface area contributed by atoms with Gasteiger partial charge in [0.05, 0.1) is 11.7 Å². The highest BCUT2D eigenvalue weighted by Gasteiger charge is 2.44. The van der Waals surface area contributed by atoms with E-state index >= 15 is 0 Å². The lowest BCUT2D eigenvalue weighted by Gasteiger charge is -2.37. The number of aliphatic carboxylic acids is 1. The smallest absolute Gasteiger partial charge is 0.311 e. The van der Waals surface area contributed by atoms with E-state index in [4.69, 9.17) is 4.42 Å². The van der Waals surface area contributed by atoms with E-state index in [1.165, 1.54) is 11.3 Å². The zero-order chi connectivity index (χ0) is 14.9. The summed E-state index contributed by atoms with van der Waals surface area (Å²) in [5, 5.41) is 14.2. The summed E-state index contributed by atoms with van der Waals surface area (Å²) < 4.78 is 5.22. The fourth-order valence-electron chi connectivity index (χ4n) is 2.30. The van der Waals surface area contributed by atoms with Gasteiger partial charge in [0.2, 0.25) is 0 Å². The van der Waals surface area contributed by atoms with E-state index < -0.39 is 11.4 Å². The van der Waals surface area contributed by atoms with Crippen LogP contribution in [0.2, 0.25) is 0 Å². The van der Waals surface area contributed by atoms with Crippen LogP contribution < -0.4 is 5.32 Å². The fourth-order valence-corrected chi connectivity index (χ4v) is 3.07. The number of carbonyl (C=O) groups is 2. The van der Waals surface area contributed by atoms with Crippen molar-refractivity contribution in [2.45, 2.75) is 19.3 Å². The molecule has 0 bridgehead atoms. The third-order valence-electron chi connectivity index (χ3n) is 3.82. The summed E-state index contributed by atoms with van der Waals surface area (Å²) in [6, 6.07) is 3.53. The van der Waals surface area contributed by atoms with Crippen LogP contribution in [0.25, 0.3) is 10.8 Å². The molecule has 21 heavy (non-hydrogen) atoms. The minimum atomic E-state index is -0.844. The third-order valence-corrected chi connectivity index (χ3v) is 4.68. The standard InChI is InChI=1S/C14H14N2O4S/c17-11(15-8-14(13(18)19)4-2-5-14)9-7-21-12(16-9)10-3-1-6-20-10/h1,3,6-7H,2,4-5,8H2,(H,15,17)(H,18,19). The number of hydrogen-bond acceptors (Lipinski definition) is 5. The van der Waals surface area contributed by atoms with Crippen LogP contribution in [0.1, 0.15) is 29.8 Å². The summed E-state index contributed by atoms with van der Waals surface area (Å²) in [4.78, 5) is 27.5. The summed E-state index contributed by atoms with van der Waals surface area (Å²) >= 11 is 1.31. The molecule has 0 radical (unpaired) electrons. The molecule has 3 rings (SSSR count). The first kappa shape index (κ1) is 13.8. The number of carbonyl (C=O) groups excluding carboxylic acids is 1. The molecule has 7 heteroatoms. The Morgan fingerprint density at radius 1 is 1.48 bits per heavy atom. The molecule has 0 aromatic carbocycles. The second-order valence-electron chi connectivity index (χ2n) is 5.14. The predicted molar refractivity (Wildman–Crippen MR) is 76.1 cm³/mol. The highest BCUT2D eigenvalue weighted by molar-refractivity contribution is 7.13. The average Bonchev–Trinajstić information content (AvgIpc) is 3.07. The van der Waals surface area contributed by atoms with E-state index in [1.807, 2.05) is 0 Å². The number of thiazole rings is 1. The van der Waals surface area contributed by atoms with Crippen LogP contribution in [0.5, 0.6) is 0 Å². The SMILES string of the molecule is O=C(NCC1(C(=O)O)CCC1)c1csc(-c2ccco2)n1. The molecule has 2 aromatic heterocycles. The Hall–Kier alpha value is -2.15. The summed E-state index contributed by atoms with van der Waals surface area (Å²) in [5.41, 5.74) is -0.513. The molecule has 1 aliphatic carbocycles. The molecule has 110 valence electrons. The van der Waals surface area contributed by atoms with E-state index in [2.05, 4.69) is 10.3 Å². The Morgan fingerprint density at radius 2 is 2.29 bits per heavy atom. The largest absolute Gasteiger partial charge is 0.481 e. The van der Waals surface area contributed by atoms with Gasteiger partial charge in [-0.25, -0.2) is 4.98 Å². The Morgan fingerprint density at radius 3 is 2.86 bits per heavy atom. The van der Waals surface area contributed by atoms with Crippen molar-refractivity contribution in [3.05, 3.63) is 29.5 Å². The van der Waals surface area contributed by atoms with Crippen LogP contribution in [0.3, 0.4) is 0 Å². The third kappa shape index (κ3) is 2.56. The van der Waals surface area contributed by atoms with Crippen LogP contribution in [-0.2, 0) is 4.79 Å². The van der Waals surface area contributed by atoms with E-state index in [9.17, 15) is 14.7 Å². The van der Waals surface area contributed by atoms with Crippen LogP contribution in [0.15, 0.2) is 28.2 Å². The molecule has 2 heterocycles. The first-order chi connectivity index (χ1) is 10.1. The van der Waals surface area contributed by atoms with E-state index in [-0.39, 0.29) is 18.1 Å². The number of amides is 1. The summed E-state index contributed by atoms with van der Waals surface area (Å²) in [5.74, 6) is -0.583. The maximum atomic E-state index is 12.0. The summed E-state index contributed by atoms with van der Waals surface area (Å²) in [6.45, 7) is 0.148. The highest BCUT2D eigenvalue weighted by atomic mass is 32.1. The van der Waals surface area contributed by atoms with Crippen molar-refractivity contribution in [1.82, 2.24) is 10.3 Å². The van der Waals surface area contributed by atoms with E-state index in [0.29, 0.717) is 23.6 Å². The van der Waals surface area contributed by atoms with Crippen molar-refractivity contribution in [2.24, 2.45) is 5.41 Å². The second kappa shape index (κ2) is 5.33. The molecule has 0 unspecified atom stereocenters. The van der Waals surface area contributed by atoms with Crippen LogP contribution in [0.4, 0.5) is 0 Å². The maximum absolute atomic E-state index is 12.0. The van der Waals surface area contributed by atoms with Crippen molar-refractivity contribution in [3.63, 3.8) is 0 Å². The molecule has 2 aromatic rings. The number of nitrogens with zero attached hydrogens (tertiary/aromatic N) is 1. The van der Waals surface area contributed by atoms with Gasteiger partial charge in [-0.3, -0.25) is 9.59 Å². The van der Waals surface area contributed by atoms with Gasteiger partial charge in [-0.1, -0.05) is 6.42 Å². The molecule has 0 aliphatic heterocycles. The van der Waals surface area contributed by atoms with Gasteiger partial charge < -0.3 is 14.8 Å². The maximum Gasteiger partial charge on any atom is 0.311 e. The molecule has 1 fully saturated rings. The van der Waals surface area contributed by atoms with Crippen LogP contribution >= 0.6 is 11.3 Å². The zero-order valence-corrected chi connectivity index (χ0v) is 12.0. The zero-order valence-electron chi connectivity index (χ0n) is 11.2. The lowest BCUT2D eigenvalue weighted by atomic mass is 9.69. The predicted octanol–water partition coefficient (Wildman–Crippen LogP) is 2.39. The van der Waals surface area contributed by atoms with Crippen LogP contribution in [-0.4, -0.2) is 28.5 Å². The van der Waals surface area contributed by atoms with Gasteiger partial charge in [0.15, 0.2) is 10.8 Å². The topological polar surface area (TPSA) is 92.4 Å². The molecule has 0 saturated heterocycles. The molecule has 0 spiro atoms. The first-order valence-corrected chi connectivity index (χ1v) is 7.50. The van der Waals surface area contributed by atoms with E-state index in [0.717, 1.165) is 6.42 Å². The Kier molecular flexibility index (Phi) is 3.50. The minimum Gasteiger partial charge on any atom is -0.481 e. The molecule has 1 saturated carbocycles. The van der Waals surface area contributed by atoms with Gasteiger partial charge in [0.1, 0.15) is 5.69 Å². The van der Waals surface area contributed by atoms with Crippen molar-refractivity contribution in [1.29, 1.82) is 0 Å². The first-order valence-electron chi connectivity index (χ1n) is 6.62. The van der Waals surface area contributed by atoms with Crippen LogP contribution in [0, 0.1) is 5.41 Å². The normalized spacial score (nSPS) is 16.2. The van der Waals surface area contributed by atoms with Crippen molar-refractivity contribution >= 4 is 23.2 Å². The van der Waals surface area contributed by atoms with Gasteiger partial charge in [0.25, 0.3) is 5.91 Å². The van der Waals surface area contributed by atoms with Crippen molar-refractivity contribution < 1.29 is 19.1 Å². The van der Waals surface area contributed by atoms with Gasteiger partial charge in [0, 0.05) is 11.9 Å². The monoisotopic (exact) mass is 306 g/mol. The second-order valence-corrected chi connectivity index (χ2v) is 6.00. The number of hydrogen-bond donors (Lipinski definition) is 2. The molecule has 1 aliphatic rings. The lowest BCUT2D eigenvalue weighted by molar-refractivity contribution is -0.153. The highest BCUT2D eigenvalue weighted by Crippen LogP contribution is 2.40. The molecule has 6 nitrogen and oxygen atoms in total. The Balaban J connectivity index is 1.65. The number of carboxylic acids is 1. The molecular weight excluding hydrogens is 292 g/mol. The number of nitrogens with one attached hydrogen (secondary N) is 1. The van der Waals surface area contributed by atoms with E-state index in [1.54, 1.807) is 23.8 Å². The molecule has 0 atom stereocenters. The van der Waals surface area contributed by atoms with Crippen molar-refractivity contribution in [2.75, 3.05) is 6.54 Å². The van der Waals surface area contributed by atoms with Gasteiger partial charge >= 0.3 is 5.97 Å². The fraction of sp³-hybridized carbons (Fsp3) is 0.357. The van der Waals surface area contributed by atoms with Gasteiger partial charge in [-0.15, -0.1) is 11.3 Å². The summed E-state index contributed by atoms with van der Waals surface area (Å²) in [6.07, 6.45) is 3.65. The van der Waals surface area contributed by atoms with Gasteiger partial charge in [-0.2, -0.15) is 0 Å². The summed E-state index contributed by atoms with van der Waals surface area (Å²) in [7, 11) is 0. The Bertz CT molecular complexity index is 658.